The van der Waals surface area contributed by atoms with Crippen molar-refractivity contribution >= 4 is 5.97 Å². The molecule has 2 rings (SSSR count). The molecule has 4 nitrogen and oxygen atoms in total. The van der Waals surface area contributed by atoms with E-state index in [0.29, 0.717) is 6.04 Å². The maximum Gasteiger partial charge on any atom is 0.373 e. The Kier molecular flexibility index (Phi) is 3.84. The van der Waals surface area contributed by atoms with E-state index in [2.05, 4.69) is 16.6 Å². The van der Waals surface area contributed by atoms with Gasteiger partial charge < -0.3 is 9.15 Å². The number of carbonyl (C=O) groups excluding carboxylic acids is 1. The minimum atomic E-state index is -0.412. The second-order valence-corrected chi connectivity index (χ2v) is 4.46. The summed E-state index contributed by atoms with van der Waals surface area (Å²) < 4.78 is 10.1. The molecule has 1 aliphatic rings. The van der Waals surface area contributed by atoms with Crippen molar-refractivity contribution < 1.29 is 13.9 Å². The molecule has 0 N–H and O–H groups in total. The highest BCUT2D eigenvalue weighted by Gasteiger charge is 2.29. The van der Waals surface area contributed by atoms with Crippen molar-refractivity contribution in [1.29, 1.82) is 0 Å². The molecule has 0 aliphatic heterocycles. The van der Waals surface area contributed by atoms with Crippen LogP contribution in [0.15, 0.2) is 16.5 Å². The number of furan rings is 1. The second-order valence-electron chi connectivity index (χ2n) is 4.46. The van der Waals surface area contributed by atoms with Gasteiger partial charge in [0.05, 0.1) is 13.7 Å². The van der Waals surface area contributed by atoms with Crippen LogP contribution in [0, 0.1) is 0 Å². The molecule has 0 amide bonds. The lowest BCUT2D eigenvalue weighted by Crippen LogP contribution is -2.26. The lowest BCUT2D eigenvalue weighted by atomic mass is 10.3. The summed E-state index contributed by atoms with van der Waals surface area (Å²) in [6.45, 7) is 4.05. The van der Waals surface area contributed by atoms with E-state index in [-0.39, 0.29) is 5.76 Å². The highest BCUT2D eigenvalue weighted by molar-refractivity contribution is 5.86. The van der Waals surface area contributed by atoms with E-state index in [1.807, 2.05) is 6.07 Å². The summed E-state index contributed by atoms with van der Waals surface area (Å²) in [7, 11) is 1.36. The molecule has 1 saturated carbocycles. The average molecular weight is 237 g/mol. The zero-order valence-electron chi connectivity index (χ0n) is 10.4. The molecule has 94 valence electrons. The molecule has 1 aromatic rings. The normalized spacial score (nSPS) is 15.2. The molecule has 0 saturated heterocycles. The van der Waals surface area contributed by atoms with Crippen molar-refractivity contribution in [2.24, 2.45) is 0 Å². The van der Waals surface area contributed by atoms with Crippen LogP contribution in [0.4, 0.5) is 0 Å². The lowest BCUT2D eigenvalue weighted by molar-refractivity contribution is 0.0561. The summed E-state index contributed by atoms with van der Waals surface area (Å²) in [5.74, 6) is 0.713. The van der Waals surface area contributed by atoms with Crippen LogP contribution in [0.3, 0.4) is 0 Å². The molecule has 1 fully saturated rings. The number of hydrogen-bond acceptors (Lipinski definition) is 4. The van der Waals surface area contributed by atoms with Crippen molar-refractivity contribution in [2.45, 2.75) is 38.8 Å². The summed E-state index contributed by atoms with van der Waals surface area (Å²) in [6.07, 6.45) is 3.70. The fourth-order valence-electron chi connectivity index (χ4n) is 1.99. The largest absolute Gasteiger partial charge is 0.463 e. The Hall–Kier alpha value is -1.29. The maximum absolute atomic E-state index is 11.3. The van der Waals surface area contributed by atoms with E-state index < -0.39 is 5.97 Å². The predicted octanol–water partition coefficient (Wildman–Crippen LogP) is 2.44. The topological polar surface area (TPSA) is 42.7 Å². The van der Waals surface area contributed by atoms with Crippen molar-refractivity contribution in [1.82, 2.24) is 4.90 Å². The molecule has 4 heteroatoms. The second kappa shape index (κ2) is 5.36. The van der Waals surface area contributed by atoms with Gasteiger partial charge >= 0.3 is 5.97 Å². The number of nitrogens with zero attached hydrogens (tertiary/aromatic N) is 1. The monoisotopic (exact) mass is 237 g/mol. The summed E-state index contributed by atoms with van der Waals surface area (Å²) in [5, 5.41) is 0. The van der Waals surface area contributed by atoms with Crippen LogP contribution in [0.25, 0.3) is 0 Å². The van der Waals surface area contributed by atoms with Gasteiger partial charge in [0.1, 0.15) is 5.76 Å². The van der Waals surface area contributed by atoms with E-state index in [1.165, 1.54) is 20.0 Å². The Morgan fingerprint density at radius 1 is 1.53 bits per heavy atom. The third-order valence-electron chi connectivity index (χ3n) is 2.98. The maximum atomic E-state index is 11.3. The first-order valence-electron chi connectivity index (χ1n) is 6.15. The molecular formula is C13H19NO3. The van der Waals surface area contributed by atoms with Crippen molar-refractivity contribution in [3.63, 3.8) is 0 Å². The SMILES string of the molecule is CCCN(Cc1ccc(C(=O)OC)o1)C1CC1. The fraction of sp³-hybridized carbons (Fsp3) is 0.615. The Balaban J connectivity index is 1.97. The zero-order chi connectivity index (χ0) is 12.3. The van der Waals surface area contributed by atoms with Gasteiger partial charge in [-0.25, -0.2) is 4.79 Å². The first-order valence-corrected chi connectivity index (χ1v) is 6.15. The molecule has 0 radical (unpaired) electrons. The van der Waals surface area contributed by atoms with Gasteiger partial charge in [-0.3, -0.25) is 4.90 Å². The van der Waals surface area contributed by atoms with E-state index in [0.717, 1.165) is 25.3 Å². The van der Waals surface area contributed by atoms with Crippen LogP contribution in [-0.4, -0.2) is 30.6 Å². The zero-order valence-corrected chi connectivity index (χ0v) is 10.4. The van der Waals surface area contributed by atoms with E-state index >= 15 is 0 Å². The summed E-state index contributed by atoms with van der Waals surface area (Å²) in [5.41, 5.74) is 0. The van der Waals surface area contributed by atoms with Gasteiger partial charge in [-0.05, 0) is 37.9 Å². The molecule has 1 heterocycles. The summed E-state index contributed by atoms with van der Waals surface area (Å²) >= 11 is 0. The van der Waals surface area contributed by atoms with Gasteiger partial charge in [-0.2, -0.15) is 0 Å². The highest BCUT2D eigenvalue weighted by Crippen LogP contribution is 2.28. The van der Waals surface area contributed by atoms with Crippen LogP contribution in [0.1, 0.15) is 42.5 Å². The number of rotatable bonds is 6. The Morgan fingerprint density at radius 2 is 2.29 bits per heavy atom. The molecule has 0 atom stereocenters. The molecular weight excluding hydrogens is 218 g/mol. The van der Waals surface area contributed by atoms with Crippen LogP contribution in [-0.2, 0) is 11.3 Å². The molecule has 0 unspecified atom stereocenters. The minimum absolute atomic E-state index is 0.287. The predicted molar refractivity (Wildman–Crippen MR) is 63.8 cm³/mol. The average Bonchev–Trinajstić information content (AvgIpc) is 3.08. The van der Waals surface area contributed by atoms with Crippen molar-refractivity contribution in [2.75, 3.05) is 13.7 Å². The smallest absolute Gasteiger partial charge is 0.373 e. The van der Waals surface area contributed by atoms with E-state index in [1.54, 1.807) is 6.07 Å². The van der Waals surface area contributed by atoms with Crippen LogP contribution >= 0.6 is 0 Å². The fourth-order valence-corrected chi connectivity index (χ4v) is 1.99. The van der Waals surface area contributed by atoms with Gasteiger partial charge in [0.15, 0.2) is 0 Å². The molecule has 1 aliphatic carbocycles. The minimum Gasteiger partial charge on any atom is -0.463 e. The number of hydrogen-bond donors (Lipinski definition) is 0. The molecule has 1 aromatic heterocycles. The summed E-state index contributed by atoms with van der Waals surface area (Å²) in [4.78, 5) is 13.7. The third kappa shape index (κ3) is 3.09. The number of methoxy groups -OCH3 is 1. The van der Waals surface area contributed by atoms with E-state index in [9.17, 15) is 4.79 Å². The Bertz CT molecular complexity index is 382. The standard InChI is InChI=1S/C13H19NO3/c1-3-8-14(10-4-5-10)9-11-6-7-12(17-11)13(15)16-2/h6-7,10H,3-5,8-9H2,1-2H3. The van der Waals surface area contributed by atoms with Crippen LogP contribution < -0.4 is 0 Å². The van der Waals surface area contributed by atoms with Gasteiger partial charge in [0, 0.05) is 6.04 Å². The lowest BCUT2D eigenvalue weighted by Gasteiger charge is -2.19. The van der Waals surface area contributed by atoms with Crippen LogP contribution in [0.5, 0.6) is 0 Å². The van der Waals surface area contributed by atoms with Crippen molar-refractivity contribution in [3.05, 3.63) is 23.7 Å². The number of carbonyl (C=O) groups is 1. The quantitative estimate of drug-likeness (QED) is 0.713. The highest BCUT2D eigenvalue weighted by atomic mass is 16.5. The van der Waals surface area contributed by atoms with Crippen LogP contribution in [0.2, 0.25) is 0 Å². The van der Waals surface area contributed by atoms with Gasteiger partial charge in [0.2, 0.25) is 5.76 Å². The van der Waals surface area contributed by atoms with Gasteiger partial charge in [-0.1, -0.05) is 6.92 Å². The molecule has 0 spiro atoms. The van der Waals surface area contributed by atoms with Crippen molar-refractivity contribution in [3.8, 4) is 0 Å². The molecule has 0 aromatic carbocycles. The first kappa shape index (κ1) is 12.2. The first-order chi connectivity index (χ1) is 8.24. The Morgan fingerprint density at radius 3 is 2.88 bits per heavy atom. The van der Waals surface area contributed by atoms with Gasteiger partial charge in [0.25, 0.3) is 0 Å². The van der Waals surface area contributed by atoms with E-state index in [4.69, 9.17) is 4.42 Å². The Labute approximate surface area is 102 Å². The number of ether oxygens (including phenoxy) is 1. The van der Waals surface area contributed by atoms with Gasteiger partial charge in [-0.15, -0.1) is 0 Å². The summed E-state index contributed by atoms with van der Waals surface area (Å²) in [6, 6.07) is 4.25. The molecule has 17 heavy (non-hydrogen) atoms. The number of esters is 1. The third-order valence-corrected chi connectivity index (χ3v) is 2.98. The molecule has 0 bridgehead atoms.